The van der Waals surface area contributed by atoms with Gasteiger partial charge in [-0.1, -0.05) is 23.7 Å². The Bertz CT molecular complexity index is 968. The van der Waals surface area contributed by atoms with Gasteiger partial charge in [-0.05, 0) is 30.3 Å². The molecule has 1 heterocycles. The lowest BCUT2D eigenvalue weighted by atomic mass is 10.2. The Kier molecular flexibility index (Phi) is 4.42. The SMILES string of the molecule is N#C/C(=N\Nc1ccc(-c2nc3ccccc3s2)c(Cl)c1)C(=N)N. The lowest BCUT2D eigenvalue weighted by Gasteiger charge is -2.05. The highest BCUT2D eigenvalue weighted by Gasteiger charge is 2.10. The Labute approximate surface area is 146 Å². The van der Waals surface area contributed by atoms with Gasteiger partial charge in [0.1, 0.15) is 11.1 Å². The van der Waals surface area contributed by atoms with Crippen molar-refractivity contribution in [3.05, 3.63) is 47.5 Å². The molecule has 6 nitrogen and oxygen atoms in total. The number of benzene rings is 2. The van der Waals surface area contributed by atoms with Gasteiger partial charge in [0, 0.05) is 5.56 Å². The van der Waals surface area contributed by atoms with E-state index in [9.17, 15) is 0 Å². The van der Waals surface area contributed by atoms with Gasteiger partial charge in [-0.2, -0.15) is 10.4 Å². The van der Waals surface area contributed by atoms with Crippen molar-refractivity contribution in [1.82, 2.24) is 4.98 Å². The Morgan fingerprint density at radius 1 is 1.33 bits per heavy atom. The molecular weight excluding hydrogens is 344 g/mol. The van der Waals surface area contributed by atoms with Gasteiger partial charge in [-0.3, -0.25) is 10.8 Å². The molecule has 0 amide bonds. The van der Waals surface area contributed by atoms with E-state index >= 15 is 0 Å². The Morgan fingerprint density at radius 3 is 2.79 bits per heavy atom. The number of nitrogens with two attached hydrogens (primary N) is 1. The summed E-state index contributed by atoms with van der Waals surface area (Å²) in [6.07, 6.45) is 0. The van der Waals surface area contributed by atoms with Crippen LogP contribution in [-0.4, -0.2) is 16.5 Å². The van der Waals surface area contributed by atoms with E-state index in [1.54, 1.807) is 29.5 Å². The first-order chi connectivity index (χ1) is 11.6. The minimum absolute atomic E-state index is 0.193. The summed E-state index contributed by atoms with van der Waals surface area (Å²) in [5, 5.41) is 21.1. The van der Waals surface area contributed by atoms with Crippen LogP contribution in [0.5, 0.6) is 0 Å². The van der Waals surface area contributed by atoms with Crippen LogP contribution in [0.1, 0.15) is 0 Å². The predicted octanol–water partition coefficient (Wildman–Crippen LogP) is 3.84. The largest absolute Gasteiger partial charge is 0.382 e. The number of amidine groups is 1. The number of halogens is 1. The van der Waals surface area contributed by atoms with Crippen molar-refractivity contribution in [1.29, 1.82) is 10.7 Å². The number of thiazole rings is 1. The average Bonchev–Trinajstić information content (AvgIpc) is 2.98. The summed E-state index contributed by atoms with van der Waals surface area (Å²) in [5.41, 5.74) is 10.0. The molecule has 3 aromatic rings. The molecule has 3 rings (SSSR count). The highest BCUT2D eigenvalue weighted by Crippen LogP contribution is 2.35. The van der Waals surface area contributed by atoms with Crippen molar-refractivity contribution in [2.45, 2.75) is 0 Å². The van der Waals surface area contributed by atoms with Gasteiger partial charge in [0.2, 0.25) is 5.71 Å². The number of aromatic nitrogens is 1. The fourth-order valence-corrected chi connectivity index (χ4v) is 3.34. The van der Waals surface area contributed by atoms with E-state index in [2.05, 4.69) is 15.5 Å². The maximum atomic E-state index is 8.82. The molecule has 24 heavy (non-hydrogen) atoms. The van der Waals surface area contributed by atoms with Crippen LogP contribution in [0.3, 0.4) is 0 Å². The quantitative estimate of drug-likeness (QED) is 0.375. The van der Waals surface area contributed by atoms with Gasteiger partial charge in [0.15, 0.2) is 5.84 Å². The monoisotopic (exact) mass is 354 g/mol. The normalized spacial score (nSPS) is 11.2. The van der Waals surface area contributed by atoms with Gasteiger partial charge in [-0.15, -0.1) is 11.3 Å². The van der Waals surface area contributed by atoms with Crippen LogP contribution in [-0.2, 0) is 0 Å². The van der Waals surface area contributed by atoms with Crippen molar-refractivity contribution in [2.24, 2.45) is 10.8 Å². The van der Waals surface area contributed by atoms with Crippen LogP contribution in [0.15, 0.2) is 47.6 Å². The summed E-state index contributed by atoms with van der Waals surface area (Å²) in [6.45, 7) is 0. The molecule has 0 unspecified atom stereocenters. The second-order valence-electron chi connectivity index (χ2n) is 4.78. The fraction of sp³-hybridized carbons (Fsp3) is 0. The van der Waals surface area contributed by atoms with Crippen molar-refractivity contribution >= 4 is 50.4 Å². The van der Waals surface area contributed by atoms with Crippen molar-refractivity contribution in [3.63, 3.8) is 0 Å². The van der Waals surface area contributed by atoms with Crippen LogP contribution in [0.4, 0.5) is 5.69 Å². The first kappa shape index (κ1) is 15.9. The molecule has 0 radical (unpaired) electrons. The summed E-state index contributed by atoms with van der Waals surface area (Å²) in [6, 6.07) is 14.9. The maximum absolute atomic E-state index is 8.82. The third kappa shape index (κ3) is 3.20. The van der Waals surface area contributed by atoms with Gasteiger partial charge in [-0.25, -0.2) is 4.98 Å². The van der Waals surface area contributed by atoms with Crippen molar-refractivity contribution < 1.29 is 0 Å². The topological polar surface area (TPSA) is 111 Å². The van der Waals surface area contributed by atoms with Crippen molar-refractivity contribution in [2.75, 3.05) is 5.43 Å². The van der Waals surface area contributed by atoms with Gasteiger partial charge in [0.25, 0.3) is 0 Å². The summed E-state index contributed by atoms with van der Waals surface area (Å²) in [4.78, 5) is 4.58. The first-order valence-corrected chi connectivity index (χ1v) is 8.01. The molecule has 118 valence electrons. The van der Waals surface area contributed by atoms with E-state index in [0.29, 0.717) is 10.7 Å². The number of nitrogens with one attached hydrogen (secondary N) is 2. The number of rotatable bonds is 4. The van der Waals surface area contributed by atoms with Crippen LogP contribution in [0, 0.1) is 16.7 Å². The molecule has 0 saturated carbocycles. The zero-order valence-corrected chi connectivity index (χ0v) is 13.8. The van der Waals surface area contributed by atoms with E-state index in [-0.39, 0.29) is 5.71 Å². The number of hydrazone groups is 1. The number of nitriles is 1. The third-order valence-electron chi connectivity index (χ3n) is 3.15. The molecule has 0 aliphatic carbocycles. The van der Waals surface area contributed by atoms with Gasteiger partial charge >= 0.3 is 0 Å². The molecule has 2 aromatic carbocycles. The zero-order chi connectivity index (χ0) is 17.1. The predicted molar refractivity (Wildman–Crippen MR) is 98.7 cm³/mol. The molecular formula is C16H11ClN6S. The number of nitrogens with zero attached hydrogens (tertiary/aromatic N) is 3. The lowest BCUT2D eigenvalue weighted by Crippen LogP contribution is -2.21. The maximum Gasteiger partial charge on any atom is 0.201 e. The molecule has 0 fully saturated rings. The Morgan fingerprint density at radius 2 is 2.12 bits per heavy atom. The Hall–Kier alpha value is -2.95. The van der Waals surface area contributed by atoms with E-state index < -0.39 is 5.84 Å². The molecule has 8 heteroatoms. The highest BCUT2D eigenvalue weighted by molar-refractivity contribution is 7.21. The fourth-order valence-electron chi connectivity index (χ4n) is 2.01. The van der Waals surface area contributed by atoms with Crippen molar-refractivity contribution in [3.8, 4) is 16.6 Å². The molecule has 0 saturated heterocycles. The zero-order valence-electron chi connectivity index (χ0n) is 12.2. The minimum Gasteiger partial charge on any atom is -0.382 e. The molecule has 1 aromatic heterocycles. The minimum atomic E-state index is -0.401. The highest BCUT2D eigenvalue weighted by atomic mass is 35.5. The smallest absolute Gasteiger partial charge is 0.201 e. The number of fused-ring (bicyclic) bond motifs is 1. The average molecular weight is 355 g/mol. The Balaban J connectivity index is 1.90. The summed E-state index contributed by atoms with van der Waals surface area (Å²) in [7, 11) is 0. The van der Waals surface area contributed by atoms with Crippen LogP contribution >= 0.6 is 22.9 Å². The lowest BCUT2D eigenvalue weighted by molar-refractivity contribution is 1.33. The van der Waals surface area contributed by atoms with Crippen LogP contribution in [0.2, 0.25) is 5.02 Å². The van der Waals surface area contributed by atoms with Gasteiger partial charge in [0.05, 0.1) is 20.9 Å². The van der Waals surface area contributed by atoms with Crippen LogP contribution in [0.25, 0.3) is 20.8 Å². The van der Waals surface area contributed by atoms with E-state index in [4.69, 9.17) is 28.0 Å². The third-order valence-corrected chi connectivity index (χ3v) is 4.53. The van der Waals surface area contributed by atoms with Crippen LogP contribution < -0.4 is 11.2 Å². The molecule has 4 N–H and O–H groups in total. The second kappa shape index (κ2) is 6.66. The summed E-state index contributed by atoms with van der Waals surface area (Å²) in [5.74, 6) is -0.401. The van der Waals surface area contributed by atoms with E-state index in [1.165, 1.54) is 0 Å². The van der Waals surface area contributed by atoms with E-state index in [1.807, 2.05) is 30.3 Å². The summed E-state index contributed by atoms with van der Waals surface area (Å²) >= 11 is 7.91. The number of hydrogen-bond donors (Lipinski definition) is 3. The summed E-state index contributed by atoms with van der Waals surface area (Å²) < 4.78 is 1.09. The molecule has 0 bridgehead atoms. The molecule has 0 aliphatic rings. The molecule has 0 atom stereocenters. The van der Waals surface area contributed by atoms with Gasteiger partial charge < -0.3 is 5.73 Å². The number of para-hydroxylation sites is 1. The number of hydrogen-bond acceptors (Lipinski definition) is 6. The number of anilines is 1. The van der Waals surface area contributed by atoms with E-state index in [0.717, 1.165) is 20.8 Å². The molecule has 0 aliphatic heterocycles. The first-order valence-electron chi connectivity index (χ1n) is 6.82. The molecule has 0 spiro atoms. The second-order valence-corrected chi connectivity index (χ2v) is 6.22. The standard InChI is InChI=1S/C16H11ClN6S/c17-11-7-9(22-23-13(8-18)15(19)20)5-6-10(11)16-21-12-3-1-2-4-14(12)24-16/h1-7,22H,(H3,19,20)/b23-13+.